The molecule has 2 aliphatic rings. The molecule has 4 unspecified atom stereocenters. The van der Waals surface area contributed by atoms with Gasteiger partial charge >= 0.3 is 0 Å². The zero-order valence-electron chi connectivity index (χ0n) is 11.3. The highest BCUT2D eigenvalue weighted by atomic mass is 32.2. The van der Waals surface area contributed by atoms with Crippen molar-refractivity contribution in [3.05, 3.63) is 35.4 Å². The SMILES string of the molecule is CC1SCCSC1C(CC1Cc2ccccc21)NN. The van der Waals surface area contributed by atoms with Gasteiger partial charge in [0.25, 0.3) is 0 Å². The molecule has 104 valence electrons. The maximum Gasteiger partial charge on any atom is 0.0345 e. The van der Waals surface area contributed by atoms with E-state index in [9.17, 15) is 0 Å². The highest BCUT2D eigenvalue weighted by Crippen LogP contribution is 2.41. The maximum atomic E-state index is 5.84. The van der Waals surface area contributed by atoms with E-state index in [0.717, 1.165) is 0 Å². The summed E-state index contributed by atoms with van der Waals surface area (Å²) in [4.78, 5) is 0. The summed E-state index contributed by atoms with van der Waals surface area (Å²) in [7, 11) is 0. The van der Waals surface area contributed by atoms with Crippen molar-refractivity contribution >= 4 is 23.5 Å². The van der Waals surface area contributed by atoms with Crippen LogP contribution in [-0.4, -0.2) is 28.0 Å². The van der Waals surface area contributed by atoms with Crippen molar-refractivity contribution in [2.75, 3.05) is 11.5 Å². The number of benzene rings is 1. The van der Waals surface area contributed by atoms with Gasteiger partial charge in [0.1, 0.15) is 0 Å². The quantitative estimate of drug-likeness (QED) is 0.661. The number of hydrogen-bond acceptors (Lipinski definition) is 4. The topological polar surface area (TPSA) is 38.0 Å². The smallest absolute Gasteiger partial charge is 0.0345 e. The number of nitrogens with two attached hydrogens (primary N) is 1. The van der Waals surface area contributed by atoms with E-state index in [1.807, 2.05) is 0 Å². The van der Waals surface area contributed by atoms with Gasteiger partial charge in [-0.2, -0.15) is 23.5 Å². The fraction of sp³-hybridized carbons (Fsp3) is 0.600. The third kappa shape index (κ3) is 2.82. The van der Waals surface area contributed by atoms with Crippen LogP contribution in [0.15, 0.2) is 24.3 Å². The minimum Gasteiger partial charge on any atom is -0.271 e. The summed E-state index contributed by atoms with van der Waals surface area (Å²) in [5.41, 5.74) is 6.17. The molecule has 19 heavy (non-hydrogen) atoms. The second-order valence-electron chi connectivity index (χ2n) is 5.52. The van der Waals surface area contributed by atoms with E-state index in [2.05, 4.69) is 60.1 Å². The van der Waals surface area contributed by atoms with Crippen LogP contribution >= 0.6 is 23.5 Å². The van der Waals surface area contributed by atoms with Gasteiger partial charge in [-0.1, -0.05) is 31.2 Å². The monoisotopic (exact) mass is 294 g/mol. The third-order valence-corrected chi connectivity index (χ3v) is 7.60. The highest BCUT2D eigenvalue weighted by Gasteiger charge is 2.34. The van der Waals surface area contributed by atoms with Crippen molar-refractivity contribution in [1.82, 2.24) is 5.43 Å². The summed E-state index contributed by atoms with van der Waals surface area (Å²) in [6, 6.07) is 9.27. The molecule has 0 amide bonds. The van der Waals surface area contributed by atoms with Gasteiger partial charge in [0.2, 0.25) is 0 Å². The van der Waals surface area contributed by atoms with Crippen molar-refractivity contribution in [3.8, 4) is 0 Å². The number of thioether (sulfide) groups is 2. The zero-order valence-corrected chi connectivity index (χ0v) is 13.0. The molecule has 1 aliphatic carbocycles. The van der Waals surface area contributed by atoms with Gasteiger partial charge in [0.05, 0.1) is 0 Å². The minimum atomic E-state index is 0.436. The molecule has 0 bridgehead atoms. The first-order valence-corrected chi connectivity index (χ1v) is 9.16. The lowest BCUT2D eigenvalue weighted by atomic mass is 9.74. The van der Waals surface area contributed by atoms with Crippen LogP contribution in [-0.2, 0) is 6.42 Å². The van der Waals surface area contributed by atoms with Gasteiger partial charge in [-0.05, 0) is 29.9 Å². The van der Waals surface area contributed by atoms with Crippen LogP contribution in [0.1, 0.15) is 30.4 Å². The summed E-state index contributed by atoms with van der Waals surface area (Å²) in [5, 5.41) is 1.35. The van der Waals surface area contributed by atoms with Gasteiger partial charge in [0.15, 0.2) is 0 Å². The molecule has 4 heteroatoms. The molecule has 1 aromatic carbocycles. The molecule has 2 nitrogen and oxygen atoms in total. The Bertz CT molecular complexity index is 438. The average Bonchev–Trinajstić information content (AvgIpc) is 2.42. The fourth-order valence-electron chi connectivity index (χ4n) is 3.27. The van der Waals surface area contributed by atoms with Crippen molar-refractivity contribution in [1.29, 1.82) is 0 Å². The zero-order chi connectivity index (χ0) is 13.2. The minimum absolute atomic E-state index is 0.436. The van der Waals surface area contributed by atoms with Gasteiger partial charge in [-0.15, -0.1) is 0 Å². The first kappa shape index (κ1) is 13.8. The predicted octanol–water partition coefficient (Wildman–Crippen LogP) is 2.79. The third-order valence-electron chi connectivity index (χ3n) is 4.35. The Morgan fingerprint density at radius 2 is 2.11 bits per heavy atom. The molecule has 3 rings (SSSR count). The molecule has 1 fully saturated rings. The highest BCUT2D eigenvalue weighted by molar-refractivity contribution is 8.07. The number of hydrogen-bond donors (Lipinski definition) is 2. The normalized spacial score (nSPS) is 31.4. The van der Waals surface area contributed by atoms with Crippen molar-refractivity contribution in [2.24, 2.45) is 5.84 Å². The lowest BCUT2D eigenvalue weighted by molar-refractivity contribution is 0.411. The van der Waals surface area contributed by atoms with Crippen molar-refractivity contribution < 1.29 is 0 Å². The second kappa shape index (κ2) is 6.08. The Labute approximate surface area is 124 Å². The van der Waals surface area contributed by atoms with Gasteiger partial charge < -0.3 is 0 Å². The molecule has 1 saturated heterocycles. The first-order valence-electron chi connectivity index (χ1n) is 7.06. The lowest BCUT2D eigenvalue weighted by Crippen LogP contribution is -2.48. The van der Waals surface area contributed by atoms with E-state index in [-0.39, 0.29) is 0 Å². The van der Waals surface area contributed by atoms with E-state index < -0.39 is 0 Å². The summed E-state index contributed by atoms with van der Waals surface area (Å²) in [6.07, 6.45) is 2.41. The molecule has 0 aromatic heterocycles. The van der Waals surface area contributed by atoms with Crippen molar-refractivity contribution in [2.45, 2.75) is 42.2 Å². The average molecular weight is 294 g/mol. The van der Waals surface area contributed by atoms with E-state index >= 15 is 0 Å². The molecule has 0 spiro atoms. The van der Waals surface area contributed by atoms with Gasteiger partial charge in [-0.3, -0.25) is 11.3 Å². The van der Waals surface area contributed by atoms with Crippen LogP contribution in [0.2, 0.25) is 0 Å². The summed E-state index contributed by atoms with van der Waals surface area (Å²) < 4.78 is 0. The molecular weight excluding hydrogens is 272 g/mol. The van der Waals surface area contributed by atoms with Gasteiger partial charge in [0, 0.05) is 28.0 Å². The molecule has 1 aromatic rings. The van der Waals surface area contributed by atoms with E-state index in [1.54, 1.807) is 5.56 Å². The van der Waals surface area contributed by atoms with E-state index in [0.29, 0.717) is 22.5 Å². The largest absolute Gasteiger partial charge is 0.271 e. The molecular formula is C15H22N2S2. The fourth-order valence-corrected chi connectivity index (χ4v) is 6.23. The lowest BCUT2D eigenvalue weighted by Gasteiger charge is -2.38. The van der Waals surface area contributed by atoms with E-state index in [1.165, 1.54) is 29.9 Å². The standard InChI is InChI=1S/C15H22N2S2/c1-10-15(19-7-6-18-10)14(17-16)9-12-8-11-4-2-3-5-13(11)12/h2-5,10,12,14-15,17H,6-9,16H2,1H3. The molecule has 0 saturated carbocycles. The Balaban J connectivity index is 1.65. The second-order valence-corrected chi connectivity index (χ2v) is 8.29. The molecule has 3 N–H and O–H groups in total. The number of nitrogens with one attached hydrogen (secondary N) is 1. The van der Waals surface area contributed by atoms with Crippen LogP contribution < -0.4 is 11.3 Å². The van der Waals surface area contributed by atoms with Crippen LogP contribution in [0.5, 0.6) is 0 Å². The molecule has 1 heterocycles. The Kier molecular flexibility index (Phi) is 4.42. The molecule has 4 atom stereocenters. The number of fused-ring (bicyclic) bond motifs is 1. The van der Waals surface area contributed by atoms with Crippen LogP contribution in [0.4, 0.5) is 0 Å². The molecule has 1 aliphatic heterocycles. The summed E-state index contributed by atoms with van der Waals surface area (Å²) in [5.74, 6) is 9.09. The van der Waals surface area contributed by atoms with Crippen LogP contribution in [0.3, 0.4) is 0 Å². The summed E-state index contributed by atoms with van der Waals surface area (Å²) >= 11 is 4.19. The predicted molar refractivity (Wildman–Crippen MR) is 86.8 cm³/mol. The van der Waals surface area contributed by atoms with E-state index in [4.69, 9.17) is 5.84 Å². The Morgan fingerprint density at radius 3 is 2.84 bits per heavy atom. The maximum absolute atomic E-state index is 5.84. The van der Waals surface area contributed by atoms with Crippen LogP contribution in [0, 0.1) is 0 Å². The van der Waals surface area contributed by atoms with Crippen LogP contribution in [0.25, 0.3) is 0 Å². The number of rotatable bonds is 4. The summed E-state index contributed by atoms with van der Waals surface area (Å²) in [6.45, 7) is 2.35. The molecule has 0 radical (unpaired) electrons. The van der Waals surface area contributed by atoms with Crippen molar-refractivity contribution in [3.63, 3.8) is 0 Å². The first-order chi connectivity index (χ1) is 9.29. The Hall–Kier alpha value is -0.160. The Morgan fingerprint density at radius 1 is 1.32 bits per heavy atom. The number of hydrazine groups is 1. The van der Waals surface area contributed by atoms with Gasteiger partial charge in [-0.25, -0.2) is 0 Å².